The van der Waals surface area contributed by atoms with Gasteiger partial charge in [0.1, 0.15) is 11.5 Å². The van der Waals surface area contributed by atoms with Crippen LogP contribution in [0.25, 0.3) is 11.0 Å². The summed E-state index contributed by atoms with van der Waals surface area (Å²) in [7, 11) is 1.66. The molecule has 0 atom stereocenters. The average Bonchev–Trinajstić information content (AvgIpc) is 3.15. The van der Waals surface area contributed by atoms with E-state index in [4.69, 9.17) is 14.4 Å². The highest BCUT2D eigenvalue weighted by Gasteiger charge is 2.22. The normalized spacial score (nSPS) is 15.8. The number of hydrogen-bond donors (Lipinski definition) is 2. The Kier molecular flexibility index (Phi) is 5.99. The standard InChI is InChI=1S/C22H27N3O4/c1-28-21-5-3-2-4-16(21)14-19-17-6-7-20(27)18(22(17)29-23-19)15-25-10-8-24(9-11-25)12-13-26/h2-7,26-27H,8-15H2,1H3. The zero-order chi connectivity index (χ0) is 20.2. The lowest BCUT2D eigenvalue weighted by Crippen LogP contribution is -2.46. The fraction of sp³-hybridized carbons (Fsp3) is 0.409. The van der Waals surface area contributed by atoms with Gasteiger partial charge in [0.05, 0.1) is 25.0 Å². The van der Waals surface area contributed by atoms with E-state index in [0.29, 0.717) is 25.1 Å². The van der Waals surface area contributed by atoms with Crippen molar-refractivity contribution in [2.45, 2.75) is 13.0 Å². The number of aliphatic hydroxyl groups is 1. The van der Waals surface area contributed by atoms with Crippen molar-refractivity contribution in [3.8, 4) is 11.5 Å². The third kappa shape index (κ3) is 4.22. The fourth-order valence-electron chi connectivity index (χ4n) is 3.94. The van der Waals surface area contributed by atoms with Gasteiger partial charge < -0.3 is 19.5 Å². The second kappa shape index (κ2) is 8.82. The Bertz CT molecular complexity index is 964. The molecule has 0 amide bonds. The molecule has 2 heterocycles. The van der Waals surface area contributed by atoms with Gasteiger partial charge in [0.2, 0.25) is 0 Å². The van der Waals surface area contributed by atoms with Crippen LogP contribution in [0.5, 0.6) is 11.5 Å². The van der Waals surface area contributed by atoms with Gasteiger partial charge in [-0.25, -0.2) is 0 Å². The molecule has 7 heteroatoms. The van der Waals surface area contributed by atoms with Crippen molar-refractivity contribution in [2.24, 2.45) is 0 Å². The van der Waals surface area contributed by atoms with Gasteiger partial charge in [0.15, 0.2) is 5.58 Å². The lowest BCUT2D eigenvalue weighted by Gasteiger charge is -2.34. The van der Waals surface area contributed by atoms with Crippen molar-refractivity contribution in [3.05, 3.63) is 53.2 Å². The molecule has 29 heavy (non-hydrogen) atoms. The van der Waals surface area contributed by atoms with Gasteiger partial charge in [-0.1, -0.05) is 23.4 Å². The SMILES string of the molecule is COc1ccccc1Cc1noc2c(CN3CCN(CCO)CC3)c(O)ccc12. The summed E-state index contributed by atoms with van der Waals surface area (Å²) >= 11 is 0. The quantitative estimate of drug-likeness (QED) is 0.633. The third-order valence-electron chi connectivity index (χ3n) is 5.61. The molecule has 2 N–H and O–H groups in total. The van der Waals surface area contributed by atoms with E-state index in [1.807, 2.05) is 30.3 Å². The molecule has 2 aromatic carbocycles. The number of hydrogen-bond acceptors (Lipinski definition) is 7. The number of aromatic hydroxyl groups is 1. The number of ether oxygens (including phenoxy) is 1. The van der Waals surface area contributed by atoms with Crippen LogP contribution in [0.1, 0.15) is 16.8 Å². The molecule has 0 aliphatic carbocycles. The Morgan fingerprint density at radius 3 is 2.59 bits per heavy atom. The molecule has 1 aliphatic heterocycles. The molecule has 0 saturated carbocycles. The molecule has 0 spiro atoms. The Hall–Kier alpha value is -2.61. The van der Waals surface area contributed by atoms with Crippen molar-refractivity contribution >= 4 is 11.0 Å². The highest BCUT2D eigenvalue weighted by Crippen LogP contribution is 2.32. The monoisotopic (exact) mass is 397 g/mol. The topological polar surface area (TPSA) is 82.2 Å². The molecular formula is C22H27N3O4. The first-order chi connectivity index (χ1) is 14.2. The smallest absolute Gasteiger partial charge is 0.175 e. The number of fused-ring (bicyclic) bond motifs is 1. The molecule has 7 nitrogen and oxygen atoms in total. The number of piperazine rings is 1. The summed E-state index contributed by atoms with van der Waals surface area (Å²) in [5.41, 5.74) is 3.29. The van der Waals surface area contributed by atoms with Crippen molar-refractivity contribution in [2.75, 3.05) is 46.4 Å². The van der Waals surface area contributed by atoms with E-state index >= 15 is 0 Å². The molecule has 3 aromatic rings. The number of phenolic OH excluding ortho intramolecular Hbond substituents is 1. The van der Waals surface area contributed by atoms with Crippen LogP contribution in [-0.4, -0.2) is 71.6 Å². The third-order valence-corrected chi connectivity index (χ3v) is 5.61. The van der Waals surface area contributed by atoms with E-state index < -0.39 is 0 Å². The number of aliphatic hydroxyl groups excluding tert-OH is 1. The highest BCUT2D eigenvalue weighted by molar-refractivity contribution is 5.84. The number of benzene rings is 2. The summed E-state index contributed by atoms with van der Waals surface area (Å²) in [6.45, 7) is 5.10. The Balaban J connectivity index is 1.56. The van der Waals surface area contributed by atoms with Crippen molar-refractivity contribution in [1.29, 1.82) is 0 Å². The molecule has 1 aliphatic rings. The van der Waals surface area contributed by atoms with Gasteiger partial charge in [0.25, 0.3) is 0 Å². The summed E-state index contributed by atoms with van der Waals surface area (Å²) in [6, 6.07) is 11.5. The largest absolute Gasteiger partial charge is 0.507 e. The molecule has 0 unspecified atom stereocenters. The summed E-state index contributed by atoms with van der Waals surface area (Å²) in [4.78, 5) is 4.54. The van der Waals surface area contributed by atoms with Crippen molar-refractivity contribution in [1.82, 2.24) is 15.0 Å². The van der Waals surface area contributed by atoms with E-state index in [-0.39, 0.29) is 12.4 Å². The fourth-order valence-corrected chi connectivity index (χ4v) is 3.94. The van der Waals surface area contributed by atoms with E-state index in [1.54, 1.807) is 13.2 Å². The number of para-hydroxylation sites is 1. The molecular weight excluding hydrogens is 370 g/mol. The van der Waals surface area contributed by atoms with Crippen molar-refractivity contribution in [3.63, 3.8) is 0 Å². The number of β-amino-alcohol motifs (C(OH)–C–C–N with tert-alkyl or cyclic N) is 1. The predicted octanol–water partition coefficient (Wildman–Crippen LogP) is 2.24. The minimum atomic E-state index is 0.188. The highest BCUT2D eigenvalue weighted by atomic mass is 16.5. The maximum absolute atomic E-state index is 10.5. The van der Waals surface area contributed by atoms with E-state index in [9.17, 15) is 5.11 Å². The van der Waals surface area contributed by atoms with Crippen LogP contribution in [0.15, 0.2) is 40.9 Å². The van der Waals surface area contributed by atoms with Crippen LogP contribution in [0.4, 0.5) is 0 Å². The number of phenols is 1. The van der Waals surface area contributed by atoms with Crippen LogP contribution in [-0.2, 0) is 13.0 Å². The maximum Gasteiger partial charge on any atom is 0.175 e. The van der Waals surface area contributed by atoms with Gasteiger partial charge in [-0.3, -0.25) is 9.80 Å². The lowest BCUT2D eigenvalue weighted by molar-refractivity contribution is 0.108. The van der Waals surface area contributed by atoms with Crippen LogP contribution in [0.3, 0.4) is 0 Å². The van der Waals surface area contributed by atoms with Gasteiger partial charge in [-0.2, -0.15) is 0 Å². The van der Waals surface area contributed by atoms with Crippen LogP contribution >= 0.6 is 0 Å². The summed E-state index contributed by atoms with van der Waals surface area (Å²) in [5, 5.41) is 24.8. The number of nitrogens with zero attached hydrogens (tertiary/aromatic N) is 3. The maximum atomic E-state index is 10.5. The van der Waals surface area contributed by atoms with Crippen molar-refractivity contribution < 1.29 is 19.5 Å². The van der Waals surface area contributed by atoms with Crippen LogP contribution in [0.2, 0.25) is 0 Å². The van der Waals surface area contributed by atoms with E-state index in [2.05, 4.69) is 15.0 Å². The molecule has 0 radical (unpaired) electrons. The zero-order valence-electron chi connectivity index (χ0n) is 16.7. The summed E-state index contributed by atoms with van der Waals surface area (Å²) in [6.07, 6.45) is 0.598. The minimum Gasteiger partial charge on any atom is -0.507 e. The first-order valence-corrected chi connectivity index (χ1v) is 9.96. The summed E-state index contributed by atoms with van der Waals surface area (Å²) < 4.78 is 11.1. The lowest BCUT2D eigenvalue weighted by atomic mass is 10.0. The van der Waals surface area contributed by atoms with Crippen LogP contribution < -0.4 is 4.74 Å². The molecule has 1 saturated heterocycles. The molecule has 154 valence electrons. The Labute approximate surface area is 170 Å². The second-order valence-electron chi connectivity index (χ2n) is 7.40. The Morgan fingerprint density at radius 2 is 1.83 bits per heavy atom. The minimum absolute atomic E-state index is 0.188. The Morgan fingerprint density at radius 1 is 1.07 bits per heavy atom. The predicted molar refractivity (Wildman–Crippen MR) is 110 cm³/mol. The van der Waals surface area contributed by atoms with Gasteiger partial charge >= 0.3 is 0 Å². The van der Waals surface area contributed by atoms with Crippen LogP contribution in [0, 0.1) is 0 Å². The summed E-state index contributed by atoms with van der Waals surface area (Å²) in [5.74, 6) is 1.05. The van der Waals surface area contributed by atoms with E-state index in [1.165, 1.54) is 0 Å². The van der Waals surface area contributed by atoms with Gasteiger partial charge in [0, 0.05) is 56.6 Å². The van der Waals surface area contributed by atoms with Gasteiger partial charge in [-0.15, -0.1) is 0 Å². The number of methoxy groups -OCH3 is 1. The second-order valence-corrected chi connectivity index (χ2v) is 7.40. The first-order valence-electron chi connectivity index (χ1n) is 9.96. The average molecular weight is 397 g/mol. The zero-order valence-corrected chi connectivity index (χ0v) is 16.7. The molecule has 1 fully saturated rings. The molecule has 4 rings (SSSR count). The van der Waals surface area contributed by atoms with E-state index in [0.717, 1.165) is 54.1 Å². The van der Waals surface area contributed by atoms with Gasteiger partial charge in [-0.05, 0) is 18.2 Å². The number of rotatable bonds is 7. The first kappa shape index (κ1) is 19.7. The molecule has 1 aromatic heterocycles. The number of aromatic nitrogens is 1. The molecule has 0 bridgehead atoms.